The van der Waals surface area contributed by atoms with Gasteiger partial charge in [0, 0.05) is 23.5 Å². The molecule has 1 N–H and O–H groups in total. The summed E-state index contributed by atoms with van der Waals surface area (Å²) < 4.78 is 5.29. The van der Waals surface area contributed by atoms with Crippen LogP contribution in [-0.4, -0.2) is 10.1 Å². The number of benzene rings is 1. The third-order valence-electron chi connectivity index (χ3n) is 2.67. The molecule has 5 heteroatoms. The standard InChI is InChI=1S/C13H8Cl2N2O/c14-11-3-1-2-9(12(11)15)10-7-17-18-13(10)8-4-5-16-6-8/h1-7,16H. The molecule has 0 saturated carbocycles. The van der Waals surface area contributed by atoms with Gasteiger partial charge in [0.2, 0.25) is 0 Å². The van der Waals surface area contributed by atoms with E-state index in [0.717, 1.165) is 16.7 Å². The van der Waals surface area contributed by atoms with E-state index in [1.165, 1.54) is 0 Å². The Kier molecular flexibility index (Phi) is 2.86. The van der Waals surface area contributed by atoms with Crippen molar-refractivity contribution >= 4 is 23.2 Å². The van der Waals surface area contributed by atoms with E-state index in [9.17, 15) is 0 Å². The number of aromatic amines is 1. The quantitative estimate of drug-likeness (QED) is 0.742. The van der Waals surface area contributed by atoms with E-state index in [1.807, 2.05) is 30.6 Å². The predicted molar refractivity (Wildman–Crippen MR) is 71.7 cm³/mol. The van der Waals surface area contributed by atoms with Gasteiger partial charge in [-0.2, -0.15) is 0 Å². The van der Waals surface area contributed by atoms with Crippen molar-refractivity contribution in [3.05, 3.63) is 52.9 Å². The van der Waals surface area contributed by atoms with Crippen LogP contribution in [0.15, 0.2) is 47.4 Å². The maximum absolute atomic E-state index is 6.21. The summed E-state index contributed by atoms with van der Waals surface area (Å²) in [4.78, 5) is 2.98. The Morgan fingerprint density at radius 3 is 2.78 bits per heavy atom. The fraction of sp³-hybridized carbons (Fsp3) is 0. The van der Waals surface area contributed by atoms with Gasteiger partial charge < -0.3 is 9.51 Å². The van der Waals surface area contributed by atoms with E-state index in [4.69, 9.17) is 27.7 Å². The number of nitrogens with zero attached hydrogens (tertiary/aromatic N) is 1. The molecule has 0 aliphatic rings. The molecular formula is C13H8Cl2N2O. The molecule has 0 atom stereocenters. The highest BCUT2D eigenvalue weighted by Crippen LogP contribution is 2.38. The summed E-state index contributed by atoms with van der Waals surface area (Å²) in [7, 11) is 0. The Morgan fingerprint density at radius 1 is 1.11 bits per heavy atom. The summed E-state index contributed by atoms with van der Waals surface area (Å²) in [5.41, 5.74) is 2.54. The van der Waals surface area contributed by atoms with Crippen molar-refractivity contribution in [3.63, 3.8) is 0 Å². The van der Waals surface area contributed by atoms with Crippen LogP contribution in [0.1, 0.15) is 0 Å². The lowest BCUT2D eigenvalue weighted by atomic mass is 10.0. The first-order valence-corrected chi connectivity index (χ1v) is 6.05. The average molecular weight is 279 g/mol. The van der Waals surface area contributed by atoms with Crippen molar-refractivity contribution in [3.8, 4) is 22.5 Å². The summed E-state index contributed by atoms with van der Waals surface area (Å²) >= 11 is 12.2. The van der Waals surface area contributed by atoms with Gasteiger partial charge in [-0.1, -0.05) is 40.5 Å². The third-order valence-corrected chi connectivity index (χ3v) is 3.49. The summed E-state index contributed by atoms with van der Waals surface area (Å²) in [6.07, 6.45) is 5.30. The van der Waals surface area contributed by atoms with Gasteiger partial charge in [-0.15, -0.1) is 0 Å². The minimum Gasteiger partial charge on any atom is -0.367 e. The highest BCUT2D eigenvalue weighted by Gasteiger charge is 2.16. The first-order chi connectivity index (χ1) is 8.77. The molecule has 0 aliphatic heterocycles. The number of hydrogen-bond acceptors (Lipinski definition) is 2. The monoisotopic (exact) mass is 278 g/mol. The van der Waals surface area contributed by atoms with Gasteiger partial charge in [0.15, 0.2) is 5.76 Å². The van der Waals surface area contributed by atoms with Crippen LogP contribution in [0.25, 0.3) is 22.5 Å². The lowest BCUT2D eigenvalue weighted by Crippen LogP contribution is -1.81. The Labute approximate surface area is 113 Å². The van der Waals surface area contributed by atoms with Gasteiger partial charge in [0.05, 0.1) is 21.8 Å². The second kappa shape index (κ2) is 4.52. The number of aromatic nitrogens is 2. The van der Waals surface area contributed by atoms with Crippen molar-refractivity contribution in [2.75, 3.05) is 0 Å². The summed E-state index contributed by atoms with van der Waals surface area (Å²) in [5, 5.41) is 4.84. The van der Waals surface area contributed by atoms with E-state index >= 15 is 0 Å². The van der Waals surface area contributed by atoms with Crippen LogP contribution in [0.5, 0.6) is 0 Å². The van der Waals surface area contributed by atoms with E-state index in [2.05, 4.69) is 10.1 Å². The van der Waals surface area contributed by atoms with E-state index in [-0.39, 0.29) is 0 Å². The molecule has 3 nitrogen and oxygen atoms in total. The van der Waals surface area contributed by atoms with Crippen molar-refractivity contribution in [1.82, 2.24) is 10.1 Å². The molecule has 0 amide bonds. The molecule has 2 aromatic heterocycles. The van der Waals surface area contributed by atoms with Crippen LogP contribution >= 0.6 is 23.2 Å². The molecule has 0 fully saturated rings. The fourth-order valence-corrected chi connectivity index (χ4v) is 2.22. The Hall–Kier alpha value is -1.71. The van der Waals surface area contributed by atoms with E-state index in [1.54, 1.807) is 12.3 Å². The Bertz CT molecular complexity index is 674. The molecule has 2 heterocycles. The first kappa shape index (κ1) is 11.4. The second-order valence-corrected chi connectivity index (χ2v) is 4.55. The number of hydrogen-bond donors (Lipinski definition) is 1. The summed E-state index contributed by atoms with van der Waals surface area (Å²) in [6.45, 7) is 0. The molecule has 90 valence electrons. The van der Waals surface area contributed by atoms with Crippen LogP contribution in [0.3, 0.4) is 0 Å². The first-order valence-electron chi connectivity index (χ1n) is 5.29. The average Bonchev–Trinajstić information content (AvgIpc) is 3.01. The maximum Gasteiger partial charge on any atom is 0.176 e. The van der Waals surface area contributed by atoms with Gasteiger partial charge in [-0.3, -0.25) is 0 Å². The van der Waals surface area contributed by atoms with Crippen molar-refractivity contribution in [2.24, 2.45) is 0 Å². The van der Waals surface area contributed by atoms with Crippen LogP contribution in [-0.2, 0) is 0 Å². The van der Waals surface area contributed by atoms with Gasteiger partial charge >= 0.3 is 0 Å². The fourth-order valence-electron chi connectivity index (χ4n) is 1.82. The number of halogens is 2. The highest BCUT2D eigenvalue weighted by atomic mass is 35.5. The van der Waals surface area contributed by atoms with Crippen molar-refractivity contribution < 1.29 is 4.52 Å². The van der Waals surface area contributed by atoms with Gasteiger partial charge in [-0.25, -0.2) is 0 Å². The lowest BCUT2D eigenvalue weighted by molar-refractivity contribution is 0.432. The minimum atomic E-state index is 0.499. The van der Waals surface area contributed by atoms with Gasteiger partial charge in [0.1, 0.15) is 0 Å². The van der Waals surface area contributed by atoms with Crippen LogP contribution in [0.2, 0.25) is 10.0 Å². The highest BCUT2D eigenvalue weighted by molar-refractivity contribution is 6.43. The largest absolute Gasteiger partial charge is 0.367 e. The summed E-state index contributed by atoms with van der Waals surface area (Å²) in [6, 6.07) is 7.38. The van der Waals surface area contributed by atoms with E-state index in [0.29, 0.717) is 15.8 Å². The maximum atomic E-state index is 6.21. The van der Waals surface area contributed by atoms with Crippen molar-refractivity contribution in [2.45, 2.75) is 0 Å². The Balaban J connectivity index is 2.19. The SMILES string of the molecule is Clc1cccc(-c2cnoc2-c2cc[nH]c2)c1Cl. The zero-order valence-corrected chi connectivity index (χ0v) is 10.7. The minimum absolute atomic E-state index is 0.499. The van der Waals surface area contributed by atoms with E-state index < -0.39 is 0 Å². The zero-order valence-electron chi connectivity index (χ0n) is 9.15. The molecule has 0 saturated heterocycles. The lowest BCUT2D eigenvalue weighted by Gasteiger charge is -2.04. The third kappa shape index (κ3) is 1.82. The molecule has 1 aromatic carbocycles. The second-order valence-electron chi connectivity index (χ2n) is 3.77. The van der Waals surface area contributed by atoms with Crippen LogP contribution < -0.4 is 0 Å². The molecular weight excluding hydrogens is 271 g/mol. The molecule has 0 spiro atoms. The smallest absolute Gasteiger partial charge is 0.176 e. The predicted octanol–water partition coefficient (Wildman–Crippen LogP) is 4.64. The molecule has 0 unspecified atom stereocenters. The molecule has 3 rings (SSSR count). The molecule has 0 aliphatic carbocycles. The molecule has 0 radical (unpaired) electrons. The van der Waals surface area contributed by atoms with Crippen LogP contribution in [0, 0.1) is 0 Å². The molecule has 0 bridgehead atoms. The normalized spacial score (nSPS) is 10.8. The van der Waals surface area contributed by atoms with Crippen molar-refractivity contribution in [1.29, 1.82) is 0 Å². The number of nitrogens with one attached hydrogen (secondary N) is 1. The Morgan fingerprint density at radius 2 is 2.00 bits per heavy atom. The van der Waals surface area contributed by atoms with Gasteiger partial charge in [0.25, 0.3) is 0 Å². The van der Waals surface area contributed by atoms with Crippen LogP contribution in [0.4, 0.5) is 0 Å². The van der Waals surface area contributed by atoms with Gasteiger partial charge in [-0.05, 0) is 12.1 Å². The molecule has 18 heavy (non-hydrogen) atoms. The zero-order chi connectivity index (χ0) is 12.5. The molecule has 3 aromatic rings. The number of rotatable bonds is 2. The number of H-pyrrole nitrogens is 1. The topological polar surface area (TPSA) is 41.8 Å². The summed E-state index contributed by atoms with van der Waals surface area (Å²) in [5.74, 6) is 0.667.